The molecular weight excluding hydrogens is 303 g/mol. The first-order valence-electron chi connectivity index (χ1n) is 6.43. The average Bonchev–Trinajstić information content (AvgIpc) is 2.88. The van der Waals surface area contributed by atoms with Crippen molar-refractivity contribution in [1.82, 2.24) is 15.4 Å². The van der Waals surface area contributed by atoms with Crippen molar-refractivity contribution in [2.24, 2.45) is 5.10 Å². The molecule has 0 spiro atoms. The lowest BCUT2D eigenvalue weighted by atomic mass is 10.2. The quantitative estimate of drug-likeness (QED) is 0.395. The lowest BCUT2D eigenvalue weighted by molar-refractivity contribution is 0.0955. The third kappa shape index (κ3) is 2.94. The second-order valence-electron chi connectivity index (χ2n) is 4.56. The van der Waals surface area contributed by atoms with Gasteiger partial charge in [0.1, 0.15) is 5.82 Å². The molecule has 1 heterocycles. The summed E-state index contributed by atoms with van der Waals surface area (Å²) in [5, 5.41) is 3.76. The number of carbonyl (C=O) groups excluding carboxylic acids is 1. The Morgan fingerprint density at radius 3 is 2.77 bits per heavy atom. The molecule has 1 amide bonds. The van der Waals surface area contributed by atoms with E-state index in [9.17, 15) is 9.18 Å². The zero-order valence-electron chi connectivity index (χ0n) is 11.3. The normalized spacial score (nSPS) is 11.1. The predicted molar refractivity (Wildman–Crippen MR) is 84.9 cm³/mol. The fraction of sp³-hybridized carbons (Fsp3) is 0. The van der Waals surface area contributed by atoms with Gasteiger partial charge < -0.3 is 9.97 Å². The second kappa shape index (κ2) is 5.90. The number of aromatic amines is 2. The van der Waals surface area contributed by atoms with Crippen molar-refractivity contribution in [2.75, 3.05) is 0 Å². The summed E-state index contributed by atoms with van der Waals surface area (Å²) in [6, 6.07) is 11.2. The van der Waals surface area contributed by atoms with Crippen LogP contribution in [0.4, 0.5) is 4.39 Å². The van der Waals surface area contributed by atoms with E-state index in [4.69, 9.17) is 12.2 Å². The van der Waals surface area contributed by atoms with Crippen molar-refractivity contribution in [3.8, 4) is 0 Å². The Morgan fingerprint density at radius 1 is 1.18 bits per heavy atom. The molecule has 3 N–H and O–H groups in total. The highest BCUT2D eigenvalue weighted by atomic mass is 32.1. The zero-order valence-corrected chi connectivity index (χ0v) is 12.1. The topological polar surface area (TPSA) is 73.0 Å². The molecular formula is C15H11FN4OS. The van der Waals surface area contributed by atoms with Gasteiger partial charge in [-0.15, -0.1) is 0 Å². The van der Waals surface area contributed by atoms with Crippen LogP contribution in [0.2, 0.25) is 0 Å². The number of hydrogen-bond donors (Lipinski definition) is 3. The molecule has 22 heavy (non-hydrogen) atoms. The molecule has 0 aliphatic rings. The van der Waals surface area contributed by atoms with E-state index in [1.807, 2.05) is 0 Å². The lowest BCUT2D eigenvalue weighted by Crippen LogP contribution is -2.17. The number of nitrogens with one attached hydrogen (secondary N) is 3. The molecule has 0 bridgehead atoms. The number of aromatic nitrogens is 2. The molecule has 3 rings (SSSR count). The van der Waals surface area contributed by atoms with Gasteiger partial charge in [0, 0.05) is 11.1 Å². The van der Waals surface area contributed by atoms with Gasteiger partial charge in [0.2, 0.25) is 0 Å². The van der Waals surface area contributed by atoms with Crippen LogP contribution < -0.4 is 5.43 Å². The van der Waals surface area contributed by atoms with Crippen molar-refractivity contribution in [1.29, 1.82) is 0 Å². The van der Waals surface area contributed by atoms with Crippen LogP contribution in [-0.4, -0.2) is 22.1 Å². The first kappa shape index (κ1) is 14.2. The van der Waals surface area contributed by atoms with Gasteiger partial charge in [0.15, 0.2) is 4.77 Å². The van der Waals surface area contributed by atoms with Gasteiger partial charge in [-0.25, -0.2) is 9.82 Å². The summed E-state index contributed by atoms with van der Waals surface area (Å²) < 4.78 is 13.9. The Kier molecular flexibility index (Phi) is 3.80. The smallest absolute Gasteiger partial charge is 0.271 e. The van der Waals surface area contributed by atoms with Crippen LogP contribution in [0.15, 0.2) is 47.6 Å². The van der Waals surface area contributed by atoms with E-state index in [2.05, 4.69) is 20.5 Å². The minimum Gasteiger partial charge on any atom is -0.331 e. The van der Waals surface area contributed by atoms with Gasteiger partial charge >= 0.3 is 0 Å². The van der Waals surface area contributed by atoms with E-state index in [0.29, 0.717) is 15.9 Å². The van der Waals surface area contributed by atoms with Gasteiger partial charge in [-0.05, 0) is 36.5 Å². The van der Waals surface area contributed by atoms with Crippen LogP contribution in [0.5, 0.6) is 0 Å². The number of benzene rings is 2. The van der Waals surface area contributed by atoms with Gasteiger partial charge in [-0.2, -0.15) is 5.10 Å². The summed E-state index contributed by atoms with van der Waals surface area (Å²) in [7, 11) is 0. The largest absolute Gasteiger partial charge is 0.331 e. The highest BCUT2D eigenvalue weighted by Gasteiger charge is 2.06. The number of nitrogens with zero attached hydrogens (tertiary/aromatic N) is 1. The van der Waals surface area contributed by atoms with Crippen molar-refractivity contribution in [3.63, 3.8) is 0 Å². The van der Waals surface area contributed by atoms with Crippen molar-refractivity contribution in [2.45, 2.75) is 0 Å². The molecule has 0 radical (unpaired) electrons. The minimum absolute atomic E-state index is 0.299. The van der Waals surface area contributed by atoms with Gasteiger partial charge in [-0.1, -0.05) is 18.2 Å². The van der Waals surface area contributed by atoms with Crippen LogP contribution >= 0.6 is 12.2 Å². The van der Waals surface area contributed by atoms with E-state index in [1.54, 1.807) is 36.4 Å². The molecule has 0 aliphatic heterocycles. The Morgan fingerprint density at radius 2 is 1.95 bits per heavy atom. The molecule has 1 aromatic heterocycles. The zero-order chi connectivity index (χ0) is 15.5. The summed E-state index contributed by atoms with van der Waals surface area (Å²) in [5.74, 6) is -0.795. The van der Waals surface area contributed by atoms with Crippen LogP contribution in [0, 0.1) is 10.6 Å². The summed E-state index contributed by atoms with van der Waals surface area (Å²) in [4.78, 5) is 17.9. The Balaban J connectivity index is 1.75. The first-order valence-corrected chi connectivity index (χ1v) is 6.84. The maximum Gasteiger partial charge on any atom is 0.271 e. The third-order valence-corrected chi connectivity index (χ3v) is 3.26. The number of amides is 1. The molecule has 0 atom stereocenters. The SMILES string of the molecule is O=C(N/N=C\c1ccccc1F)c1ccc2[nH]c(=S)[nH]c2c1. The Labute approximate surface area is 129 Å². The number of hydrogen-bond acceptors (Lipinski definition) is 3. The van der Waals surface area contributed by atoms with Crippen molar-refractivity contribution in [3.05, 3.63) is 64.2 Å². The number of fused-ring (bicyclic) bond motifs is 1. The third-order valence-electron chi connectivity index (χ3n) is 3.05. The minimum atomic E-state index is -0.401. The van der Waals surface area contributed by atoms with E-state index < -0.39 is 11.7 Å². The maximum absolute atomic E-state index is 13.4. The van der Waals surface area contributed by atoms with E-state index in [0.717, 1.165) is 11.0 Å². The van der Waals surface area contributed by atoms with Crippen molar-refractivity contribution < 1.29 is 9.18 Å². The molecule has 0 fully saturated rings. The fourth-order valence-corrected chi connectivity index (χ4v) is 2.20. The molecule has 0 saturated carbocycles. The van der Waals surface area contributed by atoms with Crippen LogP contribution in [0.3, 0.4) is 0 Å². The van der Waals surface area contributed by atoms with E-state index in [1.165, 1.54) is 12.3 Å². The van der Waals surface area contributed by atoms with E-state index in [-0.39, 0.29) is 0 Å². The molecule has 5 nitrogen and oxygen atoms in total. The highest BCUT2D eigenvalue weighted by molar-refractivity contribution is 7.71. The molecule has 7 heteroatoms. The molecule has 0 unspecified atom stereocenters. The summed E-state index contributed by atoms with van der Waals surface area (Å²) >= 11 is 4.99. The molecule has 0 saturated heterocycles. The van der Waals surface area contributed by atoms with Gasteiger partial charge in [-0.3, -0.25) is 4.79 Å². The number of halogens is 1. The van der Waals surface area contributed by atoms with Crippen LogP contribution in [0.25, 0.3) is 11.0 Å². The standard InChI is InChI=1S/C15H11FN4OS/c16-11-4-2-1-3-10(11)8-17-20-14(21)9-5-6-12-13(7-9)19-15(22)18-12/h1-8H,(H,20,21)(H2,18,19,22)/b17-8-. The number of carbonyl (C=O) groups is 1. The van der Waals surface area contributed by atoms with Gasteiger partial charge in [0.25, 0.3) is 5.91 Å². The Hall–Kier alpha value is -2.80. The summed E-state index contributed by atoms with van der Waals surface area (Å²) in [5.41, 5.74) is 4.63. The first-order chi connectivity index (χ1) is 10.6. The van der Waals surface area contributed by atoms with Gasteiger partial charge in [0.05, 0.1) is 17.2 Å². The number of imidazole rings is 1. The fourth-order valence-electron chi connectivity index (χ4n) is 1.98. The summed E-state index contributed by atoms with van der Waals surface area (Å²) in [6.07, 6.45) is 1.26. The monoisotopic (exact) mass is 314 g/mol. The number of rotatable bonds is 3. The highest BCUT2D eigenvalue weighted by Crippen LogP contribution is 2.12. The van der Waals surface area contributed by atoms with Crippen LogP contribution in [-0.2, 0) is 0 Å². The van der Waals surface area contributed by atoms with E-state index >= 15 is 0 Å². The predicted octanol–water partition coefficient (Wildman–Crippen LogP) is 3.13. The summed E-state index contributed by atoms with van der Waals surface area (Å²) in [6.45, 7) is 0. The molecule has 110 valence electrons. The molecule has 3 aromatic rings. The average molecular weight is 314 g/mol. The van der Waals surface area contributed by atoms with Crippen LogP contribution in [0.1, 0.15) is 15.9 Å². The Bertz CT molecular complexity index is 928. The number of H-pyrrole nitrogens is 2. The molecule has 2 aromatic carbocycles. The maximum atomic E-state index is 13.4. The molecule has 0 aliphatic carbocycles. The number of hydrazone groups is 1. The second-order valence-corrected chi connectivity index (χ2v) is 4.97. The van der Waals surface area contributed by atoms with Crippen molar-refractivity contribution >= 4 is 35.4 Å². The lowest BCUT2D eigenvalue weighted by Gasteiger charge is -2.00.